The molecule has 5 heteroatoms. The predicted molar refractivity (Wildman–Crippen MR) is 53.5 cm³/mol. The summed E-state index contributed by atoms with van der Waals surface area (Å²) in [6, 6.07) is 5.58. The van der Waals surface area contributed by atoms with Crippen molar-refractivity contribution in [1.29, 1.82) is 0 Å². The molecule has 68 valence electrons. The number of aromatic nitrogens is 2. The van der Waals surface area contributed by atoms with Crippen molar-refractivity contribution in [2.75, 3.05) is 5.43 Å². The molecule has 0 aliphatic heterocycles. The SMILES string of the molecule is Cn1c(NN)nc2cccc(Cl)c21. The number of benzene rings is 1. The highest BCUT2D eigenvalue weighted by Gasteiger charge is 2.08. The van der Waals surface area contributed by atoms with Gasteiger partial charge < -0.3 is 4.57 Å². The maximum atomic E-state index is 6.00. The van der Waals surface area contributed by atoms with Gasteiger partial charge >= 0.3 is 0 Å². The van der Waals surface area contributed by atoms with Crippen LogP contribution in [0.25, 0.3) is 11.0 Å². The Morgan fingerprint density at radius 3 is 2.92 bits per heavy atom. The molecule has 0 amide bonds. The van der Waals surface area contributed by atoms with Crippen LogP contribution in [0.15, 0.2) is 18.2 Å². The monoisotopic (exact) mass is 196 g/mol. The van der Waals surface area contributed by atoms with E-state index in [1.807, 2.05) is 29.8 Å². The maximum Gasteiger partial charge on any atom is 0.218 e. The Bertz CT molecular complexity index is 449. The second-order valence-corrected chi connectivity index (χ2v) is 3.15. The maximum absolute atomic E-state index is 6.00. The molecule has 0 aliphatic rings. The van der Waals surface area contributed by atoms with Crippen LogP contribution in [0.2, 0.25) is 5.02 Å². The summed E-state index contributed by atoms with van der Waals surface area (Å²) < 4.78 is 1.82. The zero-order valence-corrected chi connectivity index (χ0v) is 7.84. The summed E-state index contributed by atoms with van der Waals surface area (Å²) >= 11 is 6.00. The van der Waals surface area contributed by atoms with E-state index >= 15 is 0 Å². The zero-order chi connectivity index (χ0) is 9.42. The minimum atomic E-state index is 0.600. The van der Waals surface area contributed by atoms with E-state index < -0.39 is 0 Å². The first-order chi connectivity index (χ1) is 6.24. The average Bonchev–Trinajstić information content (AvgIpc) is 2.44. The molecule has 0 fully saturated rings. The van der Waals surface area contributed by atoms with Gasteiger partial charge in [-0.05, 0) is 12.1 Å². The van der Waals surface area contributed by atoms with Gasteiger partial charge in [-0.1, -0.05) is 17.7 Å². The van der Waals surface area contributed by atoms with Crippen molar-refractivity contribution < 1.29 is 0 Å². The first kappa shape index (κ1) is 8.34. The van der Waals surface area contributed by atoms with E-state index in [9.17, 15) is 0 Å². The van der Waals surface area contributed by atoms with E-state index in [0.29, 0.717) is 11.0 Å². The van der Waals surface area contributed by atoms with Crippen LogP contribution in [0.3, 0.4) is 0 Å². The Kier molecular flexibility index (Phi) is 1.86. The summed E-state index contributed by atoms with van der Waals surface area (Å²) in [6.45, 7) is 0. The summed E-state index contributed by atoms with van der Waals surface area (Å²) in [5, 5.41) is 0.675. The fourth-order valence-electron chi connectivity index (χ4n) is 1.35. The number of halogens is 1. The normalized spacial score (nSPS) is 10.7. The summed E-state index contributed by atoms with van der Waals surface area (Å²) in [6.07, 6.45) is 0. The lowest BCUT2D eigenvalue weighted by molar-refractivity contribution is 0.942. The third-order valence-corrected chi connectivity index (χ3v) is 2.28. The van der Waals surface area contributed by atoms with Crippen molar-refractivity contribution in [3.63, 3.8) is 0 Å². The molecule has 0 bridgehead atoms. The van der Waals surface area contributed by atoms with Gasteiger partial charge in [0, 0.05) is 7.05 Å². The highest BCUT2D eigenvalue weighted by molar-refractivity contribution is 6.35. The topological polar surface area (TPSA) is 55.9 Å². The molecule has 1 heterocycles. The van der Waals surface area contributed by atoms with Crippen molar-refractivity contribution >= 4 is 28.6 Å². The number of nitrogen functional groups attached to an aromatic ring is 1. The predicted octanol–water partition coefficient (Wildman–Crippen LogP) is 1.51. The Morgan fingerprint density at radius 2 is 2.31 bits per heavy atom. The third kappa shape index (κ3) is 1.15. The number of anilines is 1. The molecule has 0 spiro atoms. The summed E-state index contributed by atoms with van der Waals surface area (Å²) in [5.74, 6) is 5.89. The van der Waals surface area contributed by atoms with Crippen LogP contribution in [-0.2, 0) is 7.05 Å². The van der Waals surface area contributed by atoms with E-state index in [1.54, 1.807) is 0 Å². The molecule has 0 atom stereocenters. The number of nitrogens with zero attached hydrogens (tertiary/aromatic N) is 2. The van der Waals surface area contributed by atoms with Crippen molar-refractivity contribution in [3.8, 4) is 0 Å². The van der Waals surface area contributed by atoms with Crippen molar-refractivity contribution in [2.45, 2.75) is 0 Å². The molecule has 1 aromatic carbocycles. The number of fused-ring (bicyclic) bond motifs is 1. The van der Waals surface area contributed by atoms with Gasteiger partial charge in [-0.25, -0.2) is 10.8 Å². The minimum absolute atomic E-state index is 0.600. The molecule has 0 unspecified atom stereocenters. The Hall–Kier alpha value is -1.26. The van der Waals surface area contributed by atoms with Crippen LogP contribution in [0.1, 0.15) is 0 Å². The van der Waals surface area contributed by atoms with Gasteiger partial charge in [0.05, 0.1) is 16.1 Å². The molecule has 2 aromatic rings. The molecular weight excluding hydrogens is 188 g/mol. The Morgan fingerprint density at radius 1 is 1.54 bits per heavy atom. The highest BCUT2D eigenvalue weighted by atomic mass is 35.5. The number of para-hydroxylation sites is 1. The van der Waals surface area contributed by atoms with E-state index in [0.717, 1.165) is 11.0 Å². The van der Waals surface area contributed by atoms with Gasteiger partial charge in [-0.3, -0.25) is 5.43 Å². The minimum Gasteiger partial charge on any atom is -0.311 e. The molecular formula is C8H9ClN4. The van der Waals surface area contributed by atoms with E-state index in [2.05, 4.69) is 10.4 Å². The van der Waals surface area contributed by atoms with E-state index in [4.69, 9.17) is 17.4 Å². The number of hydrogen-bond acceptors (Lipinski definition) is 3. The zero-order valence-electron chi connectivity index (χ0n) is 7.08. The Labute approximate surface area is 80.3 Å². The lowest BCUT2D eigenvalue weighted by Crippen LogP contribution is -2.11. The number of aryl methyl sites for hydroxylation is 1. The number of hydrazine groups is 1. The first-order valence-electron chi connectivity index (χ1n) is 3.81. The van der Waals surface area contributed by atoms with Gasteiger partial charge in [0.2, 0.25) is 5.95 Å². The molecule has 1 aromatic heterocycles. The average molecular weight is 197 g/mol. The van der Waals surface area contributed by atoms with E-state index in [-0.39, 0.29) is 0 Å². The van der Waals surface area contributed by atoms with Crippen LogP contribution >= 0.6 is 11.6 Å². The second-order valence-electron chi connectivity index (χ2n) is 2.75. The summed E-state index contributed by atoms with van der Waals surface area (Å²) in [5.41, 5.74) is 4.23. The molecule has 0 saturated carbocycles. The van der Waals surface area contributed by atoms with Gasteiger partial charge in [0.1, 0.15) is 0 Å². The molecule has 2 rings (SSSR count). The van der Waals surface area contributed by atoms with Gasteiger partial charge in [-0.15, -0.1) is 0 Å². The van der Waals surface area contributed by atoms with Crippen LogP contribution in [0.4, 0.5) is 5.95 Å². The van der Waals surface area contributed by atoms with Crippen molar-refractivity contribution in [3.05, 3.63) is 23.2 Å². The number of hydrogen-bond donors (Lipinski definition) is 2. The van der Waals surface area contributed by atoms with Crippen LogP contribution in [0, 0.1) is 0 Å². The molecule has 4 nitrogen and oxygen atoms in total. The number of nitrogens with two attached hydrogens (primary N) is 1. The number of rotatable bonds is 1. The van der Waals surface area contributed by atoms with Crippen molar-refractivity contribution in [2.24, 2.45) is 12.9 Å². The van der Waals surface area contributed by atoms with Gasteiger partial charge in [0.15, 0.2) is 0 Å². The van der Waals surface area contributed by atoms with Crippen LogP contribution in [-0.4, -0.2) is 9.55 Å². The fourth-order valence-corrected chi connectivity index (χ4v) is 1.65. The lowest BCUT2D eigenvalue weighted by Gasteiger charge is -2.00. The standard InChI is InChI=1S/C8H9ClN4/c1-13-7-5(9)3-2-4-6(7)11-8(13)12-10/h2-4H,10H2,1H3,(H,11,12). The third-order valence-electron chi connectivity index (χ3n) is 1.97. The molecule has 13 heavy (non-hydrogen) atoms. The fraction of sp³-hybridized carbons (Fsp3) is 0.125. The summed E-state index contributed by atoms with van der Waals surface area (Å²) in [7, 11) is 1.86. The lowest BCUT2D eigenvalue weighted by atomic mass is 10.3. The first-order valence-corrected chi connectivity index (χ1v) is 4.19. The number of imidazole rings is 1. The number of nitrogens with one attached hydrogen (secondary N) is 1. The largest absolute Gasteiger partial charge is 0.311 e. The molecule has 0 radical (unpaired) electrons. The van der Waals surface area contributed by atoms with Crippen LogP contribution < -0.4 is 11.3 Å². The van der Waals surface area contributed by atoms with Crippen LogP contribution in [0.5, 0.6) is 0 Å². The highest BCUT2D eigenvalue weighted by Crippen LogP contribution is 2.24. The Balaban J connectivity index is 2.85. The summed E-state index contributed by atoms with van der Waals surface area (Å²) in [4.78, 5) is 4.23. The van der Waals surface area contributed by atoms with Gasteiger partial charge in [0.25, 0.3) is 0 Å². The van der Waals surface area contributed by atoms with Gasteiger partial charge in [-0.2, -0.15) is 0 Å². The quantitative estimate of drug-likeness (QED) is 0.537. The van der Waals surface area contributed by atoms with Crippen molar-refractivity contribution in [1.82, 2.24) is 9.55 Å². The van der Waals surface area contributed by atoms with E-state index in [1.165, 1.54) is 0 Å². The molecule has 0 saturated heterocycles. The smallest absolute Gasteiger partial charge is 0.218 e. The molecule has 3 N–H and O–H groups in total. The molecule has 0 aliphatic carbocycles. The second kappa shape index (κ2) is 2.90.